The summed E-state index contributed by atoms with van der Waals surface area (Å²) in [4.78, 5) is 13.2. The fourth-order valence-corrected chi connectivity index (χ4v) is 3.28. The zero-order valence-electron chi connectivity index (χ0n) is 14.2. The molecule has 0 bridgehead atoms. The van der Waals surface area contributed by atoms with Gasteiger partial charge in [0.05, 0.1) is 36.6 Å². The number of rotatable bonds is 5. The standard InChI is InChI=1S/C17H20ClFN4O2/c1-11(24)20-8-13-7-14-10-22(3-4-23(14)21-13)9-12-5-15(18)17(25-2)16(19)6-12/h5-7H,3-4,8-10H2,1-2H3,(H,20,24). The van der Waals surface area contributed by atoms with E-state index in [1.54, 1.807) is 6.07 Å². The average molecular weight is 367 g/mol. The average Bonchev–Trinajstić information content (AvgIpc) is 2.95. The molecule has 25 heavy (non-hydrogen) atoms. The molecule has 134 valence electrons. The van der Waals surface area contributed by atoms with Gasteiger partial charge in [0.2, 0.25) is 5.91 Å². The first-order valence-electron chi connectivity index (χ1n) is 8.00. The predicted octanol–water partition coefficient (Wildman–Crippen LogP) is 2.34. The minimum absolute atomic E-state index is 0.0738. The molecule has 1 aromatic heterocycles. The molecule has 0 aliphatic carbocycles. The number of aromatic nitrogens is 2. The maximum Gasteiger partial charge on any atom is 0.217 e. The van der Waals surface area contributed by atoms with Crippen LogP contribution in [0, 0.1) is 5.82 Å². The largest absolute Gasteiger partial charge is 0.492 e. The number of hydrogen-bond donors (Lipinski definition) is 1. The van der Waals surface area contributed by atoms with Gasteiger partial charge in [0, 0.05) is 26.6 Å². The van der Waals surface area contributed by atoms with Gasteiger partial charge in [0.1, 0.15) is 0 Å². The van der Waals surface area contributed by atoms with Crippen LogP contribution >= 0.6 is 11.6 Å². The summed E-state index contributed by atoms with van der Waals surface area (Å²) < 4.78 is 20.9. The Morgan fingerprint density at radius 3 is 2.88 bits per heavy atom. The first kappa shape index (κ1) is 17.7. The van der Waals surface area contributed by atoms with E-state index in [0.717, 1.165) is 30.0 Å². The summed E-state index contributed by atoms with van der Waals surface area (Å²) in [7, 11) is 1.40. The Morgan fingerprint density at radius 2 is 2.20 bits per heavy atom. The third-order valence-electron chi connectivity index (χ3n) is 4.11. The van der Waals surface area contributed by atoms with Crippen molar-refractivity contribution in [3.05, 3.63) is 46.0 Å². The number of carbonyl (C=O) groups is 1. The number of nitrogens with zero attached hydrogens (tertiary/aromatic N) is 3. The second-order valence-electron chi connectivity index (χ2n) is 6.06. The van der Waals surface area contributed by atoms with Crippen molar-refractivity contribution in [2.45, 2.75) is 33.1 Å². The Kier molecular flexibility index (Phi) is 5.24. The Bertz CT molecular complexity index is 770. The molecule has 2 aromatic rings. The molecule has 0 saturated heterocycles. The normalized spacial score (nSPS) is 14.2. The summed E-state index contributed by atoms with van der Waals surface area (Å²) in [5, 5.41) is 7.52. The number of carbonyl (C=O) groups excluding carboxylic acids is 1. The molecule has 8 heteroatoms. The van der Waals surface area contributed by atoms with Gasteiger partial charge in [-0.05, 0) is 23.8 Å². The summed E-state index contributed by atoms with van der Waals surface area (Å²) in [6.07, 6.45) is 0. The third-order valence-corrected chi connectivity index (χ3v) is 4.40. The number of halogens is 2. The van der Waals surface area contributed by atoms with Crippen molar-refractivity contribution in [1.29, 1.82) is 0 Å². The number of nitrogens with one attached hydrogen (secondary N) is 1. The Balaban J connectivity index is 1.68. The highest BCUT2D eigenvalue weighted by molar-refractivity contribution is 6.32. The number of amides is 1. The molecule has 0 saturated carbocycles. The minimum Gasteiger partial charge on any atom is -0.492 e. The van der Waals surface area contributed by atoms with Crippen LogP contribution in [0.2, 0.25) is 5.02 Å². The van der Waals surface area contributed by atoms with Crippen molar-refractivity contribution >= 4 is 17.5 Å². The molecule has 6 nitrogen and oxygen atoms in total. The molecule has 1 N–H and O–H groups in total. The van der Waals surface area contributed by atoms with Crippen LogP contribution in [-0.4, -0.2) is 34.2 Å². The molecule has 1 amide bonds. The van der Waals surface area contributed by atoms with Crippen LogP contribution in [0.3, 0.4) is 0 Å². The first-order chi connectivity index (χ1) is 12.0. The lowest BCUT2D eigenvalue weighted by Gasteiger charge is -2.27. The van der Waals surface area contributed by atoms with Gasteiger partial charge < -0.3 is 10.1 Å². The van der Waals surface area contributed by atoms with Crippen molar-refractivity contribution in [2.75, 3.05) is 13.7 Å². The van der Waals surface area contributed by atoms with Crippen LogP contribution < -0.4 is 10.1 Å². The van der Waals surface area contributed by atoms with Crippen molar-refractivity contribution in [3.63, 3.8) is 0 Å². The molecular weight excluding hydrogens is 347 g/mol. The van der Waals surface area contributed by atoms with E-state index < -0.39 is 5.82 Å². The lowest BCUT2D eigenvalue weighted by molar-refractivity contribution is -0.119. The Labute approximate surface area is 150 Å². The second kappa shape index (κ2) is 7.41. The van der Waals surface area contributed by atoms with Gasteiger partial charge >= 0.3 is 0 Å². The van der Waals surface area contributed by atoms with Crippen molar-refractivity contribution in [1.82, 2.24) is 20.0 Å². The quantitative estimate of drug-likeness (QED) is 0.882. The van der Waals surface area contributed by atoms with Crippen molar-refractivity contribution in [3.8, 4) is 5.75 Å². The molecule has 1 aromatic carbocycles. The highest BCUT2D eigenvalue weighted by atomic mass is 35.5. The van der Waals surface area contributed by atoms with E-state index in [1.165, 1.54) is 20.1 Å². The maximum absolute atomic E-state index is 14.0. The summed E-state index contributed by atoms with van der Waals surface area (Å²) >= 11 is 6.07. The van der Waals surface area contributed by atoms with Gasteiger partial charge in [-0.15, -0.1) is 0 Å². The Morgan fingerprint density at radius 1 is 1.40 bits per heavy atom. The van der Waals surface area contributed by atoms with E-state index in [-0.39, 0.29) is 16.7 Å². The molecule has 2 heterocycles. The predicted molar refractivity (Wildman–Crippen MR) is 91.8 cm³/mol. The molecule has 0 fully saturated rings. The number of benzene rings is 1. The van der Waals surface area contributed by atoms with E-state index >= 15 is 0 Å². The summed E-state index contributed by atoms with van der Waals surface area (Å²) in [6.45, 7) is 4.76. The number of hydrogen-bond acceptors (Lipinski definition) is 4. The van der Waals surface area contributed by atoms with Gasteiger partial charge in [-0.3, -0.25) is 14.4 Å². The van der Waals surface area contributed by atoms with Gasteiger partial charge in [-0.2, -0.15) is 5.10 Å². The van der Waals surface area contributed by atoms with Crippen LogP contribution in [0.5, 0.6) is 5.75 Å². The van der Waals surface area contributed by atoms with Gasteiger partial charge in [-0.1, -0.05) is 11.6 Å². The van der Waals surface area contributed by atoms with Crippen LogP contribution in [0.15, 0.2) is 18.2 Å². The van der Waals surface area contributed by atoms with E-state index in [0.29, 0.717) is 19.6 Å². The molecule has 0 atom stereocenters. The summed E-state index contributed by atoms with van der Waals surface area (Å²) in [5.74, 6) is -0.458. The SMILES string of the molecule is COc1c(F)cc(CN2CCn3nc(CNC(C)=O)cc3C2)cc1Cl. The lowest BCUT2D eigenvalue weighted by Crippen LogP contribution is -2.33. The fraction of sp³-hybridized carbons (Fsp3) is 0.412. The molecule has 0 unspecified atom stereocenters. The van der Waals surface area contributed by atoms with E-state index in [9.17, 15) is 9.18 Å². The summed E-state index contributed by atoms with van der Waals surface area (Å²) in [6, 6.07) is 5.18. The van der Waals surface area contributed by atoms with Crippen molar-refractivity contribution in [2.24, 2.45) is 0 Å². The molecule has 0 spiro atoms. The van der Waals surface area contributed by atoms with E-state index in [1.807, 2.05) is 10.7 Å². The minimum atomic E-state index is -0.454. The van der Waals surface area contributed by atoms with Crippen LogP contribution in [0.1, 0.15) is 23.9 Å². The zero-order valence-corrected chi connectivity index (χ0v) is 14.9. The monoisotopic (exact) mass is 366 g/mol. The molecule has 3 rings (SSSR count). The van der Waals surface area contributed by atoms with Gasteiger partial charge in [0.15, 0.2) is 11.6 Å². The highest BCUT2D eigenvalue weighted by Crippen LogP contribution is 2.29. The van der Waals surface area contributed by atoms with Crippen LogP contribution in [-0.2, 0) is 31.0 Å². The zero-order chi connectivity index (χ0) is 18.0. The summed E-state index contributed by atoms with van der Waals surface area (Å²) in [5.41, 5.74) is 2.71. The maximum atomic E-state index is 14.0. The topological polar surface area (TPSA) is 59.4 Å². The molecular formula is C17H20ClFN4O2. The fourth-order valence-electron chi connectivity index (χ4n) is 2.97. The van der Waals surface area contributed by atoms with Crippen molar-refractivity contribution < 1.29 is 13.9 Å². The van der Waals surface area contributed by atoms with Gasteiger partial charge in [-0.25, -0.2) is 4.39 Å². The lowest BCUT2D eigenvalue weighted by atomic mass is 10.1. The first-order valence-corrected chi connectivity index (χ1v) is 8.38. The van der Waals surface area contributed by atoms with E-state index in [2.05, 4.69) is 15.3 Å². The smallest absolute Gasteiger partial charge is 0.217 e. The Hall–Kier alpha value is -2.12. The number of methoxy groups -OCH3 is 1. The van der Waals surface area contributed by atoms with E-state index in [4.69, 9.17) is 16.3 Å². The number of ether oxygens (including phenoxy) is 1. The molecule has 0 radical (unpaired) electrons. The second-order valence-corrected chi connectivity index (χ2v) is 6.47. The van der Waals surface area contributed by atoms with Crippen LogP contribution in [0.25, 0.3) is 0 Å². The molecule has 1 aliphatic rings. The highest BCUT2D eigenvalue weighted by Gasteiger charge is 2.19. The molecule has 1 aliphatic heterocycles. The number of fused-ring (bicyclic) bond motifs is 1. The third kappa shape index (κ3) is 4.11. The van der Waals surface area contributed by atoms with Gasteiger partial charge in [0.25, 0.3) is 0 Å². The van der Waals surface area contributed by atoms with Crippen LogP contribution in [0.4, 0.5) is 4.39 Å².